The lowest BCUT2D eigenvalue weighted by molar-refractivity contribution is 0.0952. The van der Waals surface area contributed by atoms with E-state index in [4.69, 9.17) is 0 Å². The van der Waals surface area contributed by atoms with Gasteiger partial charge in [-0.3, -0.25) is 9.52 Å². The predicted octanol–water partition coefficient (Wildman–Crippen LogP) is 4.03. The van der Waals surface area contributed by atoms with E-state index in [-0.39, 0.29) is 22.1 Å². The van der Waals surface area contributed by atoms with E-state index < -0.39 is 10.0 Å². The van der Waals surface area contributed by atoms with Crippen LogP contribution in [0.25, 0.3) is 11.0 Å². The van der Waals surface area contributed by atoms with Crippen molar-refractivity contribution in [2.24, 2.45) is 0 Å². The van der Waals surface area contributed by atoms with Gasteiger partial charge in [-0.2, -0.15) is 8.75 Å². The molecule has 0 saturated carbocycles. The van der Waals surface area contributed by atoms with Crippen LogP contribution in [0, 0.1) is 3.57 Å². The van der Waals surface area contributed by atoms with E-state index in [0.717, 1.165) is 20.9 Å². The summed E-state index contributed by atoms with van der Waals surface area (Å²) < 4.78 is 37.7. The third kappa shape index (κ3) is 4.45. The normalized spacial score (nSPS) is 11.4. The lowest BCUT2D eigenvalue weighted by atomic mass is 10.1. The molecule has 1 amide bonds. The molecule has 0 saturated heterocycles. The smallest absolute Gasteiger partial charge is 0.264 e. The van der Waals surface area contributed by atoms with Gasteiger partial charge in [-0.1, -0.05) is 36.4 Å². The summed E-state index contributed by atoms with van der Waals surface area (Å²) in [7, 11) is -3.98. The molecule has 0 aliphatic heterocycles. The van der Waals surface area contributed by atoms with Gasteiger partial charge in [0.2, 0.25) is 0 Å². The SMILES string of the molecule is O=C(NCc1ccccc1)c1ccc(I)cc1NS(=O)(=O)c1cccc2nsnc12. The third-order valence-electron chi connectivity index (χ3n) is 4.30. The molecule has 1 heterocycles. The molecule has 0 aliphatic rings. The second kappa shape index (κ2) is 8.66. The fourth-order valence-corrected chi connectivity index (χ4v) is 5.20. The van der Waals surface area contributed by atoms with E-state index in [2.05, 4.69) is 41.4 Å². The van der Waals surface area contributed by atoms with E-state index in [1.165, 1.54) is 6.07 Å². The summed E-state index contributed by atoms with van der Waals surface area (Å²) >= 11 is 3.02. The molecule has 4 aromatic rings. The first-order chi connectivity index (χ1) is 14.4. The lowest BCUT2D eigenvalue weighted by Gasteiger charge is -2.14. The van der Waals surface area contributed by atoms with Gasteiger partial charge >= 0.3 is 0 Å². The Morgan fingerprint density at radius 3 is 2.60 bits per heavy atom. The quantitative estimate of drug-likeness (QED) is 0.353. The number of anilines is 1. The highest BCUT2D eigenvalue weighted by Gasteiger charge is 2.22. The second-order valence-electron chi connectivity index (χ2n) is 6.35. The van der Waals surface area contributed by atoms with Crippen LogP contribution in [0.3, 0.4) is 0 Å². The predicted molar refractivity (Wildman–Crippen MR) is 125 cm³/mol. The zero-order valence-electron chi connectivity index (χ0n) is 15.4. The molecule has 7 nitrogen and oxygen atoms in total. The molecule has 0 fully saturated rings. The number of carbonyl (C=O) groups is 1. The molecule has 3 aromatic carbocycles. The van der Waals surface area contributed by atoms with E-state index in [1.54, 1.807) is 30.3 Å². The minimum Gasteiger partial charge on any atom is -0.348 e. The molecule has 152 valence electrons. The zero-order chi connectivity index (χ0) is 21.1. The van der Waals surface area contributed by atoms with Gasteiger partial charge in [0, 0.05) is 10.1 Å². The summed E-state index contributed by atoms with van der Waals surface area (Å²) in [4.78, 5) is 12.8. The number of hydrogen-bond donors (Lipinski definition) is 2. The van der Waals surface area contributed by atoms with Gasteiger partial charge in [0.15, 0.2) is 0 Å². The van der Waals surface area contributed by atoms with Crippen molar-refractivity contribution in [1.29, 1.82) is 0 Å². The molecule has 30 heavy (non-hydrogen) atoms. The maximum Gasteiger partial charge on any atom is 0.264 e. The van der Waals surface area contributed by atoms with Gasteiger partial charge in [-0.25, -0.2) is 8.42 Å². The lowest BCUT2D eigenvalue weighted by Crippen LogP contribution is -2.25. The Balaban J connectivity index is 1.63. The molecule has 2 N–H and O–H groups in total. The van der Waals surface area contributed by atoms with Crippen LogP contribution in [-0.4, -0.2) is 23.1 Å². The Morgan fingerprint density at radius 2 is 1.80 bits per heavy atom. The van der Waals surface area contributed by atoms with Crippen molar-refractivity contribution >= 4 is 67.0 Å². The summed E-state index contributed by atoms with van der Waals surface area (Å²) in [5, 5.41) is 2.83. The maximum absolute atomic E-state index is 13.1. The topological polar surface area (TPSA) is 101 Å². The molecule has 0 bridgehead atoms. The maximum atomic E-state index is 13.1. The molecule has 4 rings (SSSR count). The van der Waals surface area contributed by atoms with Crippen molar-refractivity contribution in [3.63, 3.8) is 0 Å². The van der Waals surface area contributed by atoms with Crippen LogP contribution in [0.1, 0.15) is 15.9 Å². The minimum atomic E-state index is -3.98. The van der Waals surface area contributed by atoms with Crippen molar-refractivity contribution in [1.82, 2.24) is 14.1 Å². The number of halogens is 1. The van der Waals surface area contributed by atoms with Gasteiger partial charge in [0.1, 0.15) is 15.9 Å². The second-order valence-corrected chi connectivity index (χ2v) is 9.78. The molecular weight excluding hydrogens is 535 g/mol. The Hall–Kier alpha value is -2.57. The van der Waals surface area contributed by atoms with E-state index in [1.807, 2.05) is 30.3 Å². The average molecular weight is 550 g/mol. The molecule has 0 atom stereocenters. The van der Waals surface area contributed by atoms with Crippen LogP contribution >= 0.6 is 34.3 Å². The van der Waals surface area contributed by atoms with Crippen molar-refractivity contribution in [2.75, 3.05) is 4.72 Å². The number of benzene rings is 3. The highest BCUT2D eigenvalue weighted by molar-refractivity contribution is 14.1. The fourth-order valence-electron chi connectivity index (χ4n) is 2.87. The number of carbonyl (C=O) groups excluding carboxylic acids is 1. The van der Waals surface area contributed by atoms with Crippen molar-refractivity contribution < 1.29 is 13.2 Å². The number of amides is 1. The Bertz CT molecular complexity index is 1320. The molecular formula is C20H15IN4O3S2. The minimum absolute atomic E-state index is 0.0169. The Morgan fingerprint density at radius 1 is 1.00 bits per heavy atom. The van der Waals surface area contributed by atoms with Gasteiger partial charge in [0.05, 0.1) is 23.0 Å². The molecule has 0 radical (unpaired) electrons. The summed E-state index contributed by atoms with van der Waals surface area (Å²) in [6.07, 6.45) is 0. The number of sulfonamides is 1. The number of nitrogens with zero attached hydrogens (tertiary/aromatic N) is 2. The van der Waals surface area contributed by atoms with Crippen LogP contribution in [0.15, 0.2) is 71.6 Å². The molecule has 0 spiro atoms. The van der Waals surface area contributed by atoms with Crippen LogP contribution < -0.4 is 10.0 Å². The summed E-state index contributed by atoms with van der Waals surface area (Å²) in [6.45, 7) is 0.335. The summed E-state index contributed by atoms with van der Waals surface area (Å²) in [6, 6.07) is 19.2. The first-order valence-electron chi connectivity index (χ1n) is 8.80. The fraction of sp³-hybridized carbons (Fsp3) is 0.0500. The van der Waals surface area contributed by atoms with Crippen LogP contribution in [0.2, 0.25) is 0 Å². The highest BCUT2D eigenvalue weighted by Crippen LogP contribution is 2.26. The van der Waals surface area contributed by atoms with E-state index in [0.29, 0.717) is 17.6 Å². The van der Waals surface area contributed by atoms with Crippen molar-refractivity contribution in [2.45, 2.75) is 11.4 Å². The Kier molecular flexibility index (Phi) is 5.97. The van der Waals surface area contributed by atoms with Gasteiger partial charge < -0.3 is 5.32 Å². The largest absolute Gasteiger partial charge is 0.348 e. The van der Waals surface area contributed by atoms with Crippen LogP contribution in [-0.2, 0) is 16.6 Å². The van der Waals surface area contributed by atoms with Gasteiger partial charge in [-0.05, 0) is 58.5 Å². The highest BCUT2D eigenvalue weighted by atomic mass is 127. The standard InChI is InChI=1S/C20H15IN4O3S2/c21-14-9-10-15(20(26)22-12-13-5-2-1-3-6-13)17(11-14)25-30(27,28)18-8-4-7-16-19(18)24-29-23-16/h1-11,25H,12H2,(H,22,26). The molecule has 10 heteroatoms. The average Bonchev–Trinajstić information content (AvgIpc) is 3.21. The number of fused-ring (bicyclic) bond motifs is 1. The molecule has 0 aliphatic carbocycles. The molecule has 0 unspecified atom stereocenters. The van der Waals surface area contributed by atoms with Crippen LogP contribution in [0.5, 0.6) is 0 Å². The number of rotatable bonds is 6. The Labute approximate surface area is 191 Å². The van der Waals surface area contributed by atoms with Crippen molar-refractivity contribution in [3.8, 4) is 0 Å². The molecule has 1 aromatic heterocycles. The van der Waals surface area contributed by atoms with Crippen molar-refractivity contribution in [3.05, 3.63) is 81.4 Å². The summed E-state index contributed by atoms with van der Waals surface area (Å²) in [5.41, 5.74) is 2.19. The first kappa shape index (κ1) is 20.7. The zero-order valence-corrected chi connectivity index (χ0v) is 19.2. The third-order valence-corrected chi connectivity index (χ3v) is 6.92. The van der Waals surface area contributed by atoms with Gasteiger partial charge in [-0.15, -0.1) is 0 Å². The number of hydrogen-bond acceptors (Lipinski definition) is 6. The number of aromatic nitrogens is 2. The monoisotopic (exact) mass is 550 g/mol. The number of nitrogens with one attached hydrogen (secondary N) is 2. The van der Waals surface area contributed by atoms with E-state index >= 15 is 0 Å². The van der Waals surface area contributed by atoms with Crippen LogP contribution in [0.4, 0.5) is 5.69 Å². The van der Waals surface area contributed by atoms with E-state index in [9.17, 15) is 13.2 Å². The first-order valence-corrected chi connectivity index (χ1v) is 12.1. The van der Waals surface area contributed by atoms with Gasteiger partial charge in [0.25, 0.3) is 15.9 Å². The summed E-state index contributed by atoms with van der Waals surface area (Å²) in [5.74, 6) is -0.374.